The van der Waals surface area contributed by atoms with Crippen LogP contribution in [-0.4, -0.2) is 61.3 Å². The number of aromatic nitrogens is 1. The highest BCUT2D eigenvalue weighted by atomic mass is 79.9. The minimum atomic E-state index is -3.94. The molecule has 2 aromatic rings. The number of aliphatic hydroxyl groups excluding tert-OH is 1. The third kappa shape index (κ3) is 5.86. The quantitative estimate of drug-likeness (QED) is 0.502. The van der Waals surface area contributed by atoms with E-state index in [4.69, 9.17) is 9.47 Å². The lowest BCUT2D eigenvalue weighted by molar-refractivity contribution is 0.0926. The first-order chi connectivity index (χ1) is 15.9. The summed E-state index contributed by atoms with van der Waals surface area (Å²) in [4.78, 5) is 4.45. The summed E-state index contributed by atoms with van der Waals surface area (Å²) in [5, 5.41) is 13.4. The highest BCUT2D eigenvalue weighted by Crippen LogP contribution is 2.31. The van der Waals surface area contributed by atoms with Crippen LogP contribution >= 0.6 is 15.9 Å². The SMILES string of the molecule is COc1cccc(CN(CC2CCCO2)S(=O)(=O)c2cc(Br)cnc2N[C@@H]2CCC[C@H]2O)c1. The van der Waals surface area contributed by atoms with Crippen LogP contribution in [0.4, 0.5) is 5.82 Å². The van der Waals surface area contributed by atoms with Gasteiger partial charge in [-0.15, -0.1) is 0 Å². The van der Waals surface area contributed by atoms with E-state index in [1.165, 1.54) is 4.31 Å². The van der Waals surface area contributed by atoms with Gasteiger partial charge in [-0.05, 0) is 71.8 Å². The zero-order valence-electron chi connectivity index (χ0n) is 18.6. The van der Waals surface area contributed by atoms with Crippen LogP contribution in [0.25, 0.3) is 0 Å². The van der Waals surface area contributed by atoms with Crippen molar-refractivity contribution < 1.29 is 23.0 Å². The van der Waals surface area contributed by atoms with Gasteiger partial charge < -0.3 is 19.9 Å². The first-order valence-electron chi connectivity index (χ1n) is 11.2. The molecule has 33 heavy (non-hydrogen) atoms. The first kappa shape index (κ1) is 24.4. The average molecular weight is 540 g/mol. The van der Waals surface area contributed by atoms with Crippen molar-refractivity contribution in [3.63, 3.8) is 0 Å². The Kier molecular flexibility index (Phi) is 7.91. The van der Waals surface area contributed by atoms with E-state index in [-0.39, 0.29) is 35.9 Å². The van der Waals surface area contributed by atoms with Crippen molar-refractivity contribution in [3.05, 3.63) is 46.6 Å². The molecule has 1 saturated heterocycles. The van der Waals surface area contributed by atoms with Crippen molar-refractivity contribution in [3.8, 4) is 5.75 Å². The number of sulfonamides is 1. The van der Waals surface area contributed by atoms with Gasteiger partial charge >= 0.3 is 0 Å². The van der Waals surface area contributed by atoms with Crippen LogP contribution in [0.15, 0.2) is 45.9 Å². The first-order valence-corrected chi connectivity index (χ1v) is 13.4. The van der Waals surface area contributed by atoms with Gasteiger partial charge in [-0.3, -0.25) is 0 Å². The summed E-state index contributed by atoms with van der Waals surface area (Å²) in [7, 11) is -2.36. The molecule has 0 amide bonds. The summed E-state index contributed by atoms with van der Waals surface area (Å²) in [6, 6.07) is 8.74. The van der Waals surface area contributed by atoms with Gasteiger partial charge in [-0.25, -0.2) is 13.4 Å². The summed E-state index contributed by atoms with van der Waals surface area (Å²) in [5.74, 6) is 0.927. The van der Waals surface area contributed by atoms with Crippen molar-refractivity contribution in [2.75, 3.05) is 25.6 Å². The predicted molar refractivity (Wildman–Crippen MR) is 129 cm³/mol. The molecule has 8 nitrogen and oxygen atoms in total. The lowest BCUT2D eigenvalue weighted by Gasteiger charge is -2.27. The molecule has 0 radical (unpaired) electrons. The molecule has 0 bridgehead atoms. The zero-order valence-corrected chi connectivity index (χ0v) is 21.0. The predicted octanol–water partition coefficient (Wildman–Crippen LogP) is 3.55. The molecule has 2 fully saturated rings. The molecule has 1 aromatic heterocycles. The van der Waals surface area contributed by atoms with E-state index in [1.54, 1.807) is 19.4 Å². The Morgan fingerprint density at radius 1 is 1.27 bits per heavy atom. The average Bonchev–Trinajstić information content (AvgIpc) is 3.46. The van der Waals surface area contributed by atoms with Crippen molar-refractivity contribution in [2.24, 2.45) is 0 Å². The highest BCUT2D eigenvalue weighted by Gasteiger charge is 2.34. The van der Waals surface area contributed by atoms with Crippen LogP contribution < -0.4 is 10.1 Å². The second kappa shape index (κ2) is 10.7. The molecule has 2 heterocycles. The van der Waals surface area contributed by atoms with E-state index in [1.807, 2.05) is 24.3 Å². The van der Waals surface area contributed by atoms with Crippen LogP contribution in [0.5, 0.6) is 5.75 Å². The Bertz CT molecular complexity index is 1060. The maximum Gasteiger partial charge on any atom is 0.247 e. The Balaban J connectivity index is 1.68. The van der Waals surface area contributed by atoms with E-state index in [9.17, 15) is 13.5 Å². The monoisotopic (exact) mass is 539 g/mol. The molecule has 1 saturated carbocycles. The normalized spacial score (nSPS) is 23.2. The van der Waals surface area contributed by atoms with Gasteiger partial charge in [0.25, 0.3) is 0 Å². The van der Waals surface area contributed by atoms with E-state index >= 15 is 0 Å². The fourth-order valence-corrected chi connectivity index (χ4v) is 6.46. The Labute approximate surface area is 203 Å². The minimum absolute atomic E-state index is 0.0804. The summed E-state index contributed by atoms with van der Waals surface area (Å²) in [6.45, 7) is 1.07. The molecule has 10 heteroatoms. The molecule has 0 spiro atoms. The molecule has 1 aliphatic carbocycles. The third-order valence-electron chi connectivity index (χ3n) is 6.16. The molecular formula is C23H30BrN3O5S. The second-order valence-electron chi connectivity index (χ2n) is 8.53. The van der Waals surface area contributed by atoms with Crippen LogP contribution in [0, 0.1) is 0 Å². The molecule has 180 valence electrons. The van der Waals surface area contributed by atoms with E-state index in [0.717, 1.165) is 31.2 Å². The topological polar surface area (TPSA) is 101 Å². The van der Waals surface area contributed by atoms with Gasteiger partial charge in [0, 0.05) is 30.4 Å². The number of rotatable bonds is 9. The maximum atomic E-state index is 14.0. The van der Waals surface area contributed by atoms with Gasteiger partial charge in [0.15, 0.2) is 0 Å². The van der Waals surface area contributed by atoms with Gasteiger partial charge in [-0.1, -0.05) is 12.1 Å². The molecule has 2 N–H and O–H groups in total. The summed E-state index contributed by atoms with van der Waals surface area (Å²) >= 11 is 3.37. The standard InChI is InChI=1S/C23H30BrN3O5S/c1-31-18-6-2-5-16(11-18)14-27(15-19-7-4-10-32-19)33(29,30)22-12-17(24)13-25-23(22)26-20-8-3-9-21(20)28/h2,5-6,11-13,19-21,28H,3-4,7-10,14-15H2,1H3,(H,25,26)/t19?,20-,21-/m1/s1. The number of hydrogen-bond acceptors (Lipinski definition) is 7. The number of aliphatic hydroxyl groups is 1. The van der Waals surface area contributed by atoms with E-state index in [0.29, 0.717) is 23.2 Å². The lowest BCUT2D eigenvalue weighted by atomic mass is 10.2. The second-order valence-corrected chi connectivity index (χ2v) is 11.4. The summed E-state index contributed by atoms with van der Waals surface area (Å²) in [5.41, 5.74) is 0.819. The Hall–Kier alpha value is -1.72. The largest absolute Gasteiger partial charge is 0.497 e. The van der Waals surface area contributed by atoms with Crippen LogP contribution in [0.1, 0.15) is 37.7 Å². The van der Waals surface area contributed by atoms with Crippen molar-refractivity contribution in [1.29, 1.82) is 0 Å². The van der Waals surface area contributed by atoms with Crippen molar-refractivity contribution in [1.82, 2.24) is 9.29 Å². The highest BCUT2D eigenvalue weighted by molar-refractivity contribution is 9.10. The summed E-state index contributed by atoms with van der Waals surface area (Å²) < 4.78 is 41.1. The van der Waals surface area contributed by atoms with Crippen LogP contribution in [0.2, 0.25) is 0 Å². The number of hydrogen-bond donors (Lipinski definition) is 2. The number of benzene rings is 1. The number of pyridine rings is 1. The summed E-state index contributed by atoms with van der Waals surface area (Å²) in [6.07, 6.45) is 4.97. The molecule has 4 rings (SSSR count). The van der Waals surface area contributed by atoms with E-state index in [2.05, 4.69) is 26.2 Å². The van der Waals surface area contributed by atoms with Gasteiger partial charge in [0.2, 0.25) is 10.0 Å². The maximum absolute atomic E-state index is 14.0. The number of nitrogens with zero attached hydrogens (tertiary/aromatic N) is 2. The third-order valence-corrected chi connectivity index (χ3v) is 8.42. The Morgan fingerprint density at radius 2 is 2.12 bits per heavy atom. The number of nitrogens with one attached hydrogen (secondary N) is 1. The number of ether oxygens (including phenoxy) is 2. The van der Waals surface area contributed by atoms with Crippen molar-refractivity contribution >= 4 is 31.8 Å². The van der Waals surface area contributed by atoms with Crippen LogP contribution in [-0.2, 0) is 21.3 Å². The molecular weight excluding hydrogens is 510 g/mol. The number of anilines is 1. The van der Waals surface area contributed by atoms with Gasteiger partial charge in [-0.2, -0.15) is 4.31 Å². The number of methoxy groups -OCH3 is 1. The number of halogens is 1. The molecule has 1 unspecified atom stereocenters. The molecule has 3 atom stereocenters. The van der Waals surface area contributed by atoms with E-state index < -0.39 is 16.1 Å². The fraction of sp³-hybridized carbons (Fsp3) is 0.522. The van der Waals surface area contributed by atoms with Crippen molar-refractivity contribution in [2.45, 2.75) is 61.8 Å². The zero-order chi connectivity index (χ0) is 23.4. The molecule has 2 aliphatic rings. The smallest absolute Gasteiger partial charge is 0.247 e. The van der Waals surface area contributed by atoms with Crippen LogP contribution in [0.3, 0.4) is 0 Å². The lowest BCUT2D eigenvalue weighted by Crippen LogP contribution is -2.38. The van der Waals surface area contributed by atoms with Gasteiger partial charge in [0.05, 0.1) is 25.4 Å². The fourth-order valence-electron chi connectivity index (χ4n) is 4.39. The minimum Gasteiger partial charge on any atom is -0.497 e. The Morgan fingerprint density at radius 3 is 2.82 bits per heavy atom. The van der Waals surface area contributed by atoms with Gasteiger partial charge in [0.1, 0.15) is 16.5 Å². The molecule has 1 aromatic carbocycles. The molecule has 1 aliphatic heterocycles.